The van der Waals surface area contributed by atoms with Gasteiger partial charge in [0.1, 0.15) is 5.75 Å². The molecule has 3 rings (SSSR count). The molecular formula is C21H20ClN3O4S2. The van der Waals surface area contributed by atoms with E-state index in [0.717, 1.165) is 11.3 Å². The van der Waals surface area contributed by atoms with Crippen LogP contribution in [0.5, 0.6) is 17.2 Å². The number of thiazole rings is 1. The summed E-state index contributed by atoms with van der Waals surface area (Å²) in [7, 11) is 3.16. The van der Waals surface area contributed by atoms with Gasteiger partial charge < -0.3 is 19.5 Å². The van der Waals surface area contributed by atoms with Crippen molar-refractivity contribution in [1.82, 2.24) is 10.3 Å². The molecule has 0 unspecified atom stereocenters. The molecule has 7 nitrogen and oxygen atoms in total. The van der Waals surface area contributed by atoms with Gasteiger partial charge in [-0.1, -0.05) is 11.6 Å². The van der Waals surface area contributed by atoms with Crippen LogP contribution >= 0.6 is 35.2 Å². The zero-order valence-corrected chi connectivity index (χ0v) is 19.4. The van der Waals surface area contributed by atoms with Gasteiger partial charge in [0, 0.05) is 16.5 Å². The molecule has 3 aromatic rings. The minimum Gasteiger partial charge on any atom is -0.493 e. The molecule has 0 aliphatic carbocycles. The number of ether oxygens (including phenoxy) is 3. The molecule has 0 atom stereocenters. The van der Waals surface area contributed by atoms with Gasteiger partial charge in [0.25, 0.3) is 5.91 Å². The van der Waals surface area contributed by atoms with Crippen LogP contribution < -0.4 is 24.8 Å². The highest BCUT2D eigenvalue weighted by atomic mass is 35.5. The standard InChI is InChI=1S/C21H20ClN3O4S2/c1-4-29-16-7-6-13(9-14(16)22)19(26)24-20(30)25-21-23-15(11-31-21)12-5-8-17(27-2)18(10-12)28-3/h5-11H,4H2,1-3H3,(H2,23,24,25,26,30). The van der Waals surface area contributed by atoms with Crippen LogP contribution in [0.15, 0.2) is 41.8 Å². The van der Waals surface area contributed by atoms with Gasteiger partial charge in [-0.05, 0) is 55.5 Å². The molecule has 0 saturated carbocycles. The summed E-state index contributed by atoms with van der Waals surface area (Å²) in [5.74, 6) is 1.38. The molecule has 0 aliphatic heterocycles. The van der Waals surface area contributed by atoms with Crippen molar-refractivity contribution in [3.63, 3.8) is 0 Å². The topological polar surface area (TPSA) is 81.7 Å². The van der Waals surface area contributed by atoms with E-state index in [9.17, 15) is 4.79 Å². The normalized spacial score (nSPS) is 10.3. The number of halogens is 1. The third-order valence-corrected chi connectivity index (χ3v) is 5.38. The number of nitrogens with zero attached hydrogens (tertiary/aromatic N) is 1. The number of hydrogen-bond acceptors (Lipinski definition) is 7. The number of methoxy groups -OCH3 is 2. The Morgan fingerprint density at radius 1 is 1.13 bits per heavy atom. The third kappa shape index (κ3) is 5.63. The monoisotopic (exact) mass is 477 g/mol. The summed E-state index contributed by atoms with van der Waals surface area (Å²) in [6.45, 7) is 2.34. The molecule has 31 heavy (non-hydrogen) atoms. The molecule has 0 bridgehead atoms. The van der Waals surface area contributed by atoms with Gasteiger partial charge in [-0.2, -0.15) is 0 Å². The van der Waals surface area contributed by atoms with E-state index >= 15 is 0 Å². The number of hydrogen-bond donors (Lipinski definition) is 2. The number of anilines is 1. The Labute approximate surface area is 194 Å². The number of thiocarbonyl (C=S) groups is 1. The van der Waals surface area contributed by atoms with Crippen LogP contribution in [0.25, 0.3) is 11.3 Å². The smallest absolute Gasteiger partial charge is 0.257 e. The van der Waals surface area contributed by atoms with Gasteiger partial charge in [0.15, 0.2) is 21.7 Å². The summed E-state index contributed by atoms with van der Waals surface area (Å²) in [5.41, 5.74) is 1.96. The van der Waals surface area contributed by atoms with Crippen LogP contribution in [0, 0.1) is 0 Å². The molecule has 1 heterocycles. The molecule has 1 aromatic heterocycles. The zero-order valence-electron chi connectivity index (χ0n) is 17.0. The predicted octanol–water partition coefficient (Wildman–Crippen LogP) is 5.01. The number of aromatic nitrogens is 1. The van der Waals surface area contributed by atoms with E-state index in [-0.39, 0.29) is 11.0 Å². The van der Waals surface area contributed by atoms with Gasteiger partial charge in [0.05, 0.1) is 31.5 Å². The van der Waals surface area contributed by atoms with Crippen LogP contribution in [-0.2, 0) is 0 Å². The first-order chi connectivity index (χ1) is 14.9. The van der Waals surface area contributed by atoms with Crippen LogP contribution in [0.1, 0.15) is 17.3 Å². The third-order valence-electron chi connectivity index (χ3n) is 4.12. The van der Waals surface area contributed by atoms with Crippen molar-refractivity contribution in [2.45, 2.75) is 6.92 Å². The Morgan fingerprint density at radius 2 is 1.87 bits per heavy atom. The summed E-state index contributed by atoms with van der Waals surface area (Å²) in [6.07, 6.45) is 0. The van der Waals surface area contributed by atoms with Gasteiger partial charge in [-0.15, -0.1) is 11.3 Å². The molecule has 2 N–H and O–H groups in total. The molecule has 0 aliphatic rings. The first kappa shape index (κ1) is 22.8. The van der Waals surface area contributed by atoms with Gasteiger partial charge in [-0.25, -0.2) is 4.98 Å². The lowest BCUT2D eigenvalue weighted by Gasteiger charge is -2.10. The highest BCUT2D eigenvalue weighted by Crippen LogP contribution is 2.33. The number of carbonyl (C=O) groups excluding carboxylic acids is 1. The second-order valence-electron chi connectivity index (χ2n) is 6.09. The summed E-state index contributed by atoms with van der Waals surface area (Å²) in [5, 5.41) is 8.44. The summed E-state index contributed by atoms with van der Waals surface area (Å²) < 4.78 is 16.0. The molecule has 0 spiro atoms. The predicted molar refractivity (Wildman–Crippen MR) is 127 cm³/mol. The highest BCUT2D eigenvalue weighted by Gasteiger charge is 2.13. The number of nitrogens with one attached hydrogen (secondary N) is 2. The molecule has 0 radical (unpaired) electrons. The van der Waals surface area contributed by atoms with Crippen molar-refractivity contribution in [2.75, 3.05) is 26.1 Å². The fourth-order valence-electron chi connectivity index (χ4n) is 2.68. The largest absolute Gasteiger partial charge is 0.493 e. The lowest BCUT2D eigenvalue weighted by molar-refractivity contribution is 0.0977. The van der Waals surface area contributed by atoms with E-state index in [1.807, 2.05) is 30.5 Å². The van der Waals surface area contributed by atoms with Crippen molar-refractivity contribution in [1.29, 1.82) is 0 Å². The van der Waals surface area contributed by atoms with E-state index in [4.69, 9.17) is 38.0 Å². The fourth-order valence-corrected chi connectivity index (χ4v) is 3.89. The van der Waals surface area contributed by atoms with Crippen LogP contribution in [0.3, 0.4) is 0 Å². The van der Waals surface area contributed by atoms with E-state index in [1.165, 1.54) is 17.4 Å². The second-order valence-corrected chi connectivity index (χ2v) is 7.77. The summed E-state index contributed by atoms with van der Waals surface area (Å²) in [6, 6.07) is 10.3. The first-order valence-electron chi connectivity index (χ1n) is 9.17. The molecule has 1 amide bonds. The van der Waals surface area contributed by atoms with Crippen molar-refractivity contribution < 1.29 is 19.0 Å². The minimum absolute atomic E-state index is 0.128. The Bertz CT molecular complexity index is 1100. The highest BCUT2D eigenvalue weighted by molar-refractivity contribution is 7.80. The Balaban J connectivity index is 1.65. The van der Waals surface area contributed by atoms with Crippen molar-refractivity contribution in [3.05, 3.63) is 52.4 Å². The molecule has 162 valence electrons. The van der Waals surface area contributed by atoms with Gasteiger partial charge in [-0.3, -0.25) is 10.1 Å². The van der Waals surface area contributed by atoms with E-state index < -0.39 is 0 Å². The Kier molecular flexibility index (Phi) is 7.67. The number of amides is 1. The average molecular weight is 478 g/mol. The molecule has 10 heteroatoms. The number of carbonyl (C=O) groups is 1. The van der Waals surface area contributed by atoms with Gasteiger partial charge in [0.2, 0.25) is 0 Å². The van der Waals surface area contributed by atoms with E-state index in [2.05, 4.69) is 15.6 Å². The fraction of sp³-hybridized carbons (Fsp3) is 0.190. The zero-order chi connectivity index (χ0) is 22.4. The maximum absolute atomic E-state index is 12.4. The maximum Gasteiger partial charge on any atom is 0.257 e. The van der Waals surface area contributed by atoms with Crippen molar-refractivity contribution in [2.24, 2.45) is 0 Å². The SMILES string of the molecule is CCOc1ccc(C(=O)NC(=S)Nc2nc(-c3ccc(OC)c(OC)c3)cs2)cc1Cl. The number of benzene rings is 2. The molecule has 0 saturated heterocycles. The van der Waals surface area contributed by atoms with Gasteiger partial charge >= 0.3 is 0 Å². The summed E-state index contributed by atoms with van der Waals surface area (Å²) in [4.78, 5) is 17.0. The molecule has 2 aromatic carbocycles. The minimum atomic E-state index is -0.390. The second kappa shape index (κ2) is 10.4. The maximum atomic E-state index is 12.4. The molecular weight excluding hydrogens is 458 g/mol. The average Bonchev–Trinajstić information content (AvgIpc) is 3.22. The Morgan fingerprint density at radius 3 is 2.55 bits per heavy atom. The lowest BCUT2D eigenvalue weighted by Crippen LogP contribution is -2.34. The van der Waals surface area contributed by atoms with E-state index in [1.54, 1.807) is 26.4 Å². The van der Waals surface area contributed by atoms with Crippen LogP contribution in [-0.4, -0.2) is 36.8 Å². The van der Waals surface area contributed by atoms with E-state index in [0.29, 0.717) is 39.6 Å². The lowest BCUT2D eigenvalue weighted by atomic mass is 10.1. The Hall–Kier alpha value is -2.88. The van der Waals surface area contributed by atoms with Crippen LogP contribution in [0.4, 0.5) is 5.13 Å². The quantitative estimate of drug-likeness (QED) is 0.463. The molecule has 0 fully saturated rings. The van der Waals surface area contributed by atoms with Crippen molar-refractivity contribution in [3.8, 4) is 28.5 Å². The first-order valence-corrected chi connectivity index (χ1v) is 10.8. The summed E-state index contributed by atoms with van der Waals surface area (Å²) >= 11 is 12.7. The van der Waals surface area contributed by atoms with Crippen LogP contribution in [0.2, 0.25) is 5.02 Å². The number of rotatable bonds is 7. The van der Waals surface area contributed by atoms with Crippen molar-refractivity contribution >= 4 is 51.3 Å².